The Morgan fingerprint density at radius 2 is 2.15 bits per heavy atom. The summed E-state index contributed by atoms with van der Waals surface area (Å²) in [4.78, 5) is 28.7. The molecule has 7 nitrogen and oxygen atoms in total. The highest BCUT2D eigenvalue weighted by Gasteiger charge is 2.19. The van der Waals surface area contributed by atoms with Gasteiger partial charge < -0.3 is 20.5 Å². The zero-order chi connectivity index (χ0) is 18.7. The van der Waals surface area contributed by atoms with Gasteiger partial charge >= 0.3 is 0 Å². The van der Waals surface area contributed by atoms with Gasteiger partial charge in [-0.3, -0.25) is 9.59 Å². The molecular weight excluding hydrogens is 374 g/mol. The Labute approximate surface area is 159 Å². The van der Waals surface area contributed by atoms with E-state index < -0.39 is 0 Å². The molecular formula is C17H19N3O4S2. The summed E-state index contributed by atoms with van der Waals surface area (Å²) in [5.41, 5.74) is 6.95. The molecule has 1 atom stereocenters. The normalized spacial score (nSPS) is 13.5. The van der Waals surface area contributed by atoms with Gasteiger partial charge in [0.05, 0.1) is 17.4 Å². The minimum Gasteiger partial charge on any atom is -0.454 e. The van der Waals surface area contributed by atoms with E-state index in [1.807, 2.05) is 32.0 Å². The van der Waals surface area contributed by atoms with Crippen molar-refractivity contribution in [3.63, 3.8) is 0 Å². The minimum atomic E-state index is -0.386. The molecule has 3 rings (SSSR count). The number of carbonyl (C=O) groups excluding carboxylic acids is 2. The Morgan fingerprint density at radius 1 is 1.38 bits per heavy atom. The van der Waals surface area contributed by atoms with E-state index in [1.165, 1.54) is 23.1 Å². The van der Waals surface area contributed by atoms with E-state index in [1.54, 1.807) is 0 Å². The molecule has 1 aliphatic rings. The molecule has 1 unspecified atom stereocenters. The van der Waals surface area contributed by atoms with Gasteiger partial charge in [-0.1, -0.05) is 17.8 Å². The third kappa shape index (κ3) is 4.47. The number of fused-ring (bicyclic) bond motifs is 1. The predicted octanol–water partition coefficient (Wildman–Crippen LogP) is 2.01. The van der Waals surface area contributed by atoms with Crippen molar-refractivity contribution in [3.8, 4) is 11.5 Å². The zero-order valence-electron chi connectivity index (χ0n) is 14.4. The molecule has 0 fully saturated rings. The van der Waals surface area contributed by atoms with Crippen LogP contribution in [0.4, 0.5) is 0 Å². The number of thioether (sulfide) groups is 1. The molecule has 1 aliphatic heterocycles. The number of primary amides is 1. The summed E-state index contributed by atoms with van der Waals surface area (Å²) in [6.07, 6.45) is 0.175. The van der Waals surface area contributed by atoms with Crippen LogP contribution >= 0.6 is 23.1 Å². The van der Waals surface area contributed by atoms with Crippen LogP contribution in [-0.2, 0) is 22.6 Å². The van der Waals surface area contributed by atoms with Gasteiger partial charge in [-0.25, -0.2) is 4.98 Å². The lowest BCUT2D eigenvalue weighted by Gasteiger charge is -2.11. The number of hydrogen-bond donors (Lipinski definition) is 2. The van der Waals surface area contributed by atoms with Crippen LogP contribution in [-0.4, -0.2) is 28.8 Å². The molecule has 0 saturated carbocycles. The van der Waals surface area contributed by atoms with E-state index in [4.69, 9.17) is 15.2 Å². The van der Waals surface area contributed by atoms with Gasteiger partial charge in [0.2, 0.25) is 18.6 Å². The SMILES string of the molecule is Cc1nc(SC(C)C(=O)NCc2ccc3c(c2)OCO3)sc1CC(N)=O. The van der Waals surface area contributed by atoms with Crippen molar-refractivity contribution in [1.29, 1.82) is 0 Å². The number of carbonyl (C=O) groups is 2. The second-order valence-electron chi connectivity index (χ2n) is 5.80. The highest BCUT2D eigenvalue weighted by molar-refractivity contribution is 8.02. The lowest BCUT2D eigenvalue weighted by atomic mass is 10.2. The highest BCUT2D eigenvalue weighted by atomic mass is 32.2. The maximum Gasteiger partial charge on any atom is 0.233 e. The minimum absolute atomic E-state index is 0.0861. The first kappa shape index (κ1) is 18.5. The van der Waals surface area contributed by atoms with Crippen LogP contribution in [0.3, 0.4) is 0 Å². The van der Waals surface area contributed by atoms with Crippen LogP contribution < -0.4 is 20.5 Å². The summed E-state index contributed by atoms with van der Waals surface area (Å²) in [6, 6.07) is 5.59. The topological polar surface area (TPSA) is 104 Å². The Bertz CT molecular complexity index is 837. The molecule has 2 aromatic rings. The molecule has 0 spiro atoms. The summed E-state index contributed by atoms with van der Waals surface area (Å²) in [5.74, 6) is 0.939. The summed E-state index contributed by atoms with van der Waals surface area (Å²) in [5, 5.41) is 2.60. The lowest BCUT2D eigenvalue weighted by Crippen LogP contribution is -2.30. The summed E-state index contributed by atoms with van der Waals surface area (Å²) in [6.45, 7) is 4.29. The van der Waals surface area contributed by atoms with E-state index in [0.29, 0.717) is 12.3 Å². The van der Waals surface area contributed by atoms with E-state index in [-0.39, 0.29) is 30.3 Å². The fourth-order valence-corrected chi connectivity index (χ4v) is 4.77. The number of thiazole rings is 1. The molecule has 1 aromatic heterocycles. The number of aromatic nitrogens is 1. The van der Waals surface area contributed by atoms with Gasteiger partial charge in [0.15, 0.2) is 15.8 Å². The van der Waals surface area contributed by atoms with Crippen molar-refractivity contribution in [2.24, 2.45) is 5.73 Å². The van der Waals surface area contributed by atoms with E-state index in [2.05, 4.69) is 10.3 Å². The van der Waals surface area contributed by atoms with Crippen molar-refractivity contribution in [2.45, 2.75) is 36.4 Å². The third-order valence-electron chi connectivity index (χ3n) is 3.76. The van der Waals surface area contributed by atoms with Gasteiger partial charge in [-0.2, -0.15) is 0 Å². The summed E-state index contributed by atoms with van der Waals surface area (Å²) in [7, 11) is 0. The van der Waals surface area contributed by atoms with Crippen LogP contribution in [0.15, 0.2) is 22.5 Å². The van der Waals surface area contributed by atoms with E-state index in [9.17, 15) is 9.59 Å². The number of nitrogens with two attached hydrogens (primary N) is 1. The number of nitrogens with one attached hydrogen (secondary N) is 1. The number of benzene rings is 1. The average Bonchev–Trinajstić information content (AvgIpc) is 3.18. The number of amides is 2. The molecule has 138 valence electrons. The van der Waals surface area contributed by atoms with Crippen molar-refractivity contribution < 1.29 is 19.1 Å². The molecule has 2 heterocycles. The van der Waals surface area contributed by atoms with Crippen LogP contribution in [0, 0.1) is 6.92 Å². The second kappa shape index (κ2) is 7.96. The van der Waals surface area contributed by atoms with E-state index >= 15 is 0 Å². The zero-order valence-corrected chi connectivity index (χ0v) is 16.0. The van der Waals surface area contributed by atoms with Crippen LogP contribution in [0.5, 0.6) is 11.5 Å². The van der Waals surface area contributed by atoms with E-state index in [0.717, 1.165) is 26.2 Å². The molecule has 0 saturated heterocycles. The maximum absolute atomic E-state index is 12.3. The van der Waals surface area contributed by atoms with Crippen LogP contribution in [0.25, 0.3) is 0 Å². The second-order valence-corrected chi connectivity index (χ2v) is 8.47. The first-order valence-corrected chi connectivity index (χ1v) is 9.69. The van der Waals surface area contributed by atoms with Crippen LogP contribution in [0.2, 0.25) is 0 Å². The summed E-state index contributed by atoms with van der Waals surface area (Å²) < 4.78 is 11.4. The lowest BCUT2D eigenvalue weighted by molar-refractivity contribution is -0.120. The molecule has 0 radical (unpaired) electrons. The Kier molecular flexibility index (Phi) is 5.67. The number of ether oxygens (including phenoxy) is 2. The first-order chi connectivity index (χ1) is 12.4. The van der Waals surface area contributed by atoms with Gasteiger partial charge in [0.25, 0.3) is 0 Å². The maximum atomic E-state index is 12.3. The Morgan fingerprint density at radius 3 is 2.92 bits per heavy atom. The van der Waals surface area contributed by atoms with Crippen molar-refractivity contribution in [1.82, 2.24) is 10.3 Å². The van der Waals surface area contributed by atoms with Crippen molar-refractivity contribution >= 4 is 34.9 Å². The largest absolute Gasteiger partial charge is 0.454 e. The third-order valence-corrected chi connectivity index (χ3v) is 6.11. The highest BCUT2D eigenvalue weighted by Crippen LogP contribution is 2.33. The quantitative estimate of drug-likeness (QED) is 0.698. The molecule has 2 amide bonds. The molecule has 1 aromatic carbocycles. The first-order valence-electron chi connectivity index (χ1n) is 8.00. The summed E-state index contributed by atoms with van der Waals surface area (Å²) >= 11 is 2.77. The molecule has 26 heavy (non-hydrogen) atoms. The monoisotopic (exact) mass is 393 g/mol. The van der Waals surface area contributed by atoms with Crippen molar-refractivity contribution in [3.05, 3.63) is 34.3 Å². The Hall–Kier alpha value is -2.26. The predicted molar refractivity (Wildman–Crippen MR) is 99.5 cm³/mol. The van der Waals surface area contributed by atoms with Gasteiger partial charge in [-0.05, 0) is 31.5 Å². The van der Waals surface area contributed by atoms with Gasteiger partial charge in [0, 0.05) is 11.4 Å². The average molecular weight is 393 g/mol. The molecule has 3 N–H and O–H groups in total. The van der Waals surface area contributed by atoms with Gasteiger partial charge in [-0.15, -0.1) is 11.3 Å². The molecule has 0 bridgehead atoms. The van der Waals surface area contributed by atoms with Gasteiger partial charge in [0.1, 0.15) is 0 Å². The fourth-order valence-electron chi connectivity index (χ4n) is 2.36. The molecule has 9 heteroatoms. The Balaban J connectivity index is 1.54. The fraction of sp³-hybridized carbons (Fsp3) is 0.353. The van der Waals surface area contributed by atoms with Crippen molar-refractivity contribution in [2.75, 3.05) is 6.79 Å². The number of aryl methyl sites for hydroxylation is 1. The standard InChI is InChI=1S/C17H19N3O4S2/c1-9-14(6-15(18)21)26-17(20-9)25-10(2)16(22)19-7-11-3-4-12-13(5-11)24-8-23-12/h3-5,10H,6-8H2,1-2H3,(H2,18,21)(H,19,22). The smallest absolute Gasteiger partial charge is 0.233 e. The molecule has 0 aliphatic carbocycles. The number of hydrogen-bond acceptors (Lipinski definition) is 7. The number of rotatable bonds is 7. The number of nitrogens with zero attached hydrogens (tertiary/aromatic N) is 1. The van der Waals surface area contributed by atoms with Crippen LogP contribution in [0.1, 0.15) is 23.1 Å².